The second-order valence-electron chi connectivity index (χ2n) is 8.68. The fourth-order valence-electron chi connectivity index (χ4n) is 4.47. The first kappa shape index (κ1) is 20.7. The highest BCUT2D eigenvalue weighted by Gasteiger charge is 2.45. The number of rotatable bonds is 3. The molecule has 0 unspecified atom stereocenters. The Hall–Kier alpha value is -3.84. The van der Waals surface area contributed by atoms with E-state index in [-0.39, 0.29) is 16.8 Å². The summed E-state index contributed by atoms with van der Waals surface area (Å²) in [6.45, 7) is 4.24. The Morgan fingerprint density at radius 1 is 1.03 bits per heavy atom. The Morgan fingerprint density at radius 2 is 1.79 bits per heavy atom. The van der Waals surface area contributed by atoms with Crippen molar-refractivity contribution in [2.45, 2.75) is 25.8 Å². The molecule has 34 heavy (non-hydrogen) atoms. The summed E-state index contributed by atoms with van der Waals surface area (Å²) in [7, 11) is 0. The van der Waals surface area contributed by atoms with Gasteiger partial charge in [-0.3, -0.25) is 14.5 Å². The monoisotopic (exact) mass is 470 g/mol. The lowest BCUT2D eigenvalue weighted by molar-refractivity contribution is 0.0971. The van der Waals surface area contributed by atoms with E-state index in [1.54, 1.807) is 36.4 Å². The van der Waals surface area contributed by atoms with Crippen LogP contribution in [0.15, 0.2) is 75.9 Å². The SMILES string of the molecule is CC(C)c1ccc2nc(N3C(=O)c4oc5ccccc5c(=O)c4[C@@H]3c3ccc(F)cc3)sc2c1. The number of amides is 1. The van der Waals surface area contributed by atoms with Crippen LogP contribution in [0.1, 0.15) is 53.1 Å². The molecule has 1 aliphatic heterocycles. The van der Waals surface area contributed by atoms with E-state index in [0.717, 1.165) is 10.2 Å². The number of hydrogen-bond donors (Lipinski definition) is 0. The van der Waals surface area contributed by atoms with Crippen molar-refractivity contribution in [2.24, 2.45) is 0 Å². The average molecular weight is 471 g/mol. The van der Waals surface area contributed by atoms with Crippen LogP contribution in [-0.4, -0.2) is 10.9 Å². The van der Waals surface area contributed by atoms with E-state index < -0.39 is 17.8 Å². The first-order valence-electron chi connectivity index (χ1n) is 11.0. The molecule has 6 rings (SSSR count). The van der Waals surface area contributed by atoms with Crippen LogP contribution in [0.5, 0.6) is 0 Å². The molecule has 0 saturated carbocycles. The zero-order valence-electron chi connectivity index (χ0n) is 18.4. The number of hydrogen-bond acceptors (Lipinski definition) is 5. The number of anilines is 1. The van der Waals surface area contributed by atoms with E-state index in [4.69, 9.17) is 9.40 Å². The van der Waals surface area contributed by atoms with Crippen LogP contribution in [0.3, 0.4) is 0 Å². The zero-order valence-corrected chi connectivity index (χ0v) is 19.2. The van der Waals surface area contributed by atoms with Gasteiger partial charge in [0.15, 0.2) is 10.6 Å². The largest absolute Gasteiger partial charge is 0.450 e. The summed E-state index contributed by atoms with van der Waals surface area (Å²) in [5.74, 6) is -0.476. The summed E-state index contributed by atoms with van der Waals surface area (Å²) in [5.41, 5.74) is 2.89. The molecular weight excluding hydrogens is 451 g/mol. The first-order valence-corrected chi connectivity index (χ1v) is 11.8. The molecular formula is C27H19FN2O3S. The molecule has 0 saturated heterocycles. The van der Waals surface area contributed by atoms with Crippen molar-refractivity contribution in [3.63, 3.8) is 0 Å². The Balaban J connectivity index is 1.60. The van der Waals surface area contributed by atoms with Gasteiger partial charge in [0.2, 0.25) is 5.76 Å². The van der Waals surface area contributed by atoms with E-state index in [9.17, 15) is 14.0 Å². The van der Waals surface area contributed by atoms with Gasteiger partial charge in [-0.1, -0.05) is 55.5 Å². The minimum absolute atomic E-state index is 0.000139. The lowest BCUT2D eigenvalue weighted by Gasteiger charge is -2.22. The van der Waals surface area contributed by atoms with Crippen LogP contribution in [0.25, 0.3) is 21.2 Å². The van der Waals surface area contributed by atoms with Gasteiger partial charge in [-0.25, -0.2) is 9.37 Å². The van der Waals surface area contributed by atoms with Gasteiger partial charge in [0.25, 0.3) is 5.91 Å². The number of carbonyl (C=O) groups is 1. The molecule has 168 valence electrons. The van der Waals surface area contributed by atoms with Crippen molar-refractivity contribution in [2.75, 3.05) is 4.90 Å². The zero-order chi connectivity index (χ0) is 23.6. The number of aromatic nitrogens is 1. The van der Waals surface area contributed by atoms with Crippen molar-refractivity contribution in [1.82, 2.24) is 4.98 Å². The fraction of sp³-hybridized carbons (Fsp3) is 0.148. The van der Waals surface area contributed by atoms with E-state index in [1.807, 2.05) is 12.1 Å². The normalized spacial score (nSPS) is 15.6. The number of benzene rings is 3. The molecule has 0 spiro atoms. The lowest BCUT2D eigenvalue weighted by atomic mass is 9.99. The number of carbonyl (C=O) groups excluding carboxylic acids is 1. The maximum atomic E-state index is 13.7. The van der Waals surface area contributed by atoms with E-state index in [2.05, 4.69) is 19.9 Å². The third-order valence-electron chi connectivity index (χ3n) is 6.24. The predicted octanol–water partition coefficient (Wildman–Crippen LogP) is 6.42. The molecule has 3 aromatic carbocycles. The molecule has 1 amide bonds. The number of nitrogens with zero attached hydrogens (tertiary/aromatic N) is 2. The van der Waals surface area contributed by atoms with Crippen molar-refractivity contribution < 1.29 is 13.6 Å². The second-order valence-corrected chi connectivity index (χ2v) is 9.69. The second kappa shape index (κ2) is 7.60. The molecule has 0 radical (unpaired) electrons. The molecule has 2 aromatic heterocycles. The molecule has 1 aliphatic rings. The summed E-state index contributed by atoms with van der Waals surface area (Å²) in [6.07, 6.45) is 0. The minimum atomic E-state index is -0.769. The Kier molecular flexibility index (Phi) is 4.64. The topological polar surface area (TPSA) is 63.4 Å². The lowest BCUT2D eigenvalue weighted by Crippen LogP contribution is -2.29. The van der Waals surface area contributed by atoms with Crippen LogP contribution < -0.4 is 10.3 Å². The summed E-state index contributed by atoms with van der Waals surface area (Å²) in [5, 5.41) is 0.860. The van der Waals surface area contributed by atoms with Crippen LogP contribution in [0.2, 0.25) is 0 Å². The summed E-state index contributed by atoms with van der Waals surface area (Å²) < 4.78 is 20.6. The van der Waals surface area contributed by atoms with Gasteiger partial charge in [0.1, 0.15) is 11.4 Å². The molecule has 0 aliphatic carbocycles. The highest BCUT2D eigenvalue weighted by molar-refractivity contribution is 7.22. The van der Waals surface area contributed by atoms with Gasteiger partial charge >= 0.3 is 0 Å². The van der Waals surface area contributed by atoms with Crippen LogP contribution >= 0.6 is 11.3 Å². The smallest absolute Gasteiger partial charge is 0.297 e. The third-order valence-corrected chi connectivity index (χ3v) is 7.25. The first-order chi connectivity index (χ1) is 16.4. The van der Waals surface area contributed by atoms with E-state index in [1.165, 1.54) is 33.9 Å². The molecule has 0 fully saturated rings. The van der Waals surface area contributed by atoms with Gasteiger partial charge in [0.05, 0.1) is 27.2 Å². The molecule has 5 nitrogen and oxygen atoms in total. The Labute approximate surface area is 198 Å². The molecule has 5 aromatic rings. The number of fused-ring (bicyclic) bond motifs is 3. The van der Waals surface area contributed by atoms with Crippen molar-refractivity contribution in [1.29, 1.82) is 0 Å². The van der Waals surface area contributed by atoms with E-state index >= 15 is 0 Å². The summed E-state index contributed by atoms with van der Waals surface area (Å²) >= 11 is 1.39. The average Bonchev–Trinajstić information content (AvgIpc) is 3.38. The van der Waals surface area contributed by atoms with Crippen LogP contribution in [0.4, 0.5) is 9.52 Å². The van der Waals surface area contributed by atoms with Crippen LogP contribution in [-0.2, 0) is 0 Å². The van der Waals surface area contributed by atoms with Gasteiger partial charge in [-0.15, -0.1) is 0 Å². The van der Waals surface area contributed by atoms with Crippen molar-refractivity contribution >= 4 is 43.6 Å². The van der Waals surface area contributed by atoms with Gasteiger partial charge in [-0.05, 0) is 53.4 Å². The maximum Gasteiger partial charge on any atom is 0.297 e. The molecule has 0 N–H and O–H groups in total. The molecule has 1 atom stereocenters. The van der Waals surface area contributed by atoms with Crippen molar-refractivity contribution in [3.05, 3.63) is 105 Å². The molecule has 3 heterocycles. The van der Waals surface area contributed by atoms with Gasteiger partial charge in [-0.2, -0.15) is 0 Å². The van der Waals surface area contributed by atoms with E-state index in [0.29, 0.717) is 27.6 Å². The quantitative estimate of drug-likeness (QED) is 0.305. The number of thiazole rings is 1. The van der Waals surface area contributed by atoms with Crippen LogP contribution in [0, 0.1) is 5.82 Å². The highest BCUT2D eigenvalue weighted by atomic mass is 32.1. The number of para-hydroxylation sites is 1. The molecule has 0 bridgehead atoms. The third kappa shape index (κ3) is 3.08. The summed E-state index contributed by atoms with van der Waals surface area (Å²) in [4.78, 5) is 33.5. The predicted molar refractivity (Wildman–Crippen MR) is 131 cm³/mol. The van der Waals surface area contributed by atoms with Gasteiger partial charge in [0, 0.05) is 0 Å². The standard InChI is InChI=1S/C27H19FN2O3S/c1-14(2)16-9-12-19-21(13-16)34-27(29-19)30-23(15-7-10-17(28)11-8-15)22-24(31)18-5-3-4-6-20(18)33-25(22)26(30)32/h3-14,23H,1-2H3/t23-/m0/s1. The molecule has 7 heteroatoms. The van der Waals surface area contributed by atoms with Crippen molar-refractivity contribution in [3.8, 4) is 0 Å². The summed E-state index contributed by atoms with van der Waals surface area (Å²) in [6, 6.07) is 18.0. The Morgan fingerprint density at radius 3 is 2.56 bits per heavy atom. The highest BCUT2D eigenvalue weighted by Crippen LogP contribution is 2.43. The van der Waals surface area contributed by atoms with Gasteiger partial charge < -0.3 is 4.42 Å². The Bertz CT molecular complexity index is 1650. The minimum Gasteiger partial charge on any atom is -0.450 e. The number of halogens is 1. The fourth-order valence-corrected chi connectivity index (χ4v) is 5.51. The maximum absolute atomic E-state index is 13.7.